The summed E-state index contributed by atoms with van der Waals surface area (Å²) < 4.78 is 12.1. The summed E-state index contributed by atoms with van der Waals surface area (Å²) in [6, 6.07) is 5.81. The number of benzene rings is 1. The summed E-state index contributed by atoms with van der Waals surface area (Å²) >= 11 is 3.52. The van der Waals surface area contributed by atoms with Crippen LogP contribution in [0.4, 0.5) is 5.82 Å². The average molecular weight is 350 g/mol. The highest BCUT2D eigenvalue weighted by molar-refractivity contribution is 9.10. The van der Waals surface area contributed by atoms with Crippen molar-refractivity contribution in [2.24, 2.45) is 0 Å². The topological polar surface area (TPSA) is 56.3 Å². The van der Waals surface area contributed by atoms with Crippen LogP contribution in [0.25, 0.3) is 11.4 Å². The zero-order valence-electron chi connectivity index (χ0n) is 11.9. The summed E-state index contributed by atoms with van der Waals surface area (Å²) in [5, 5.41) is 3.22. The fourth-order valence-electron chi connectivity index (χ4n) is 2.21. The monoisotopic (exact) mass is 349 g/mol. The van der Waals surface area contributed by atoms with E-state index in [-0.39, 0.29) is 0 Å². The molecule has 0 bridgehead atoms. The third-order valence-corrected chi connectivity index (χ3v) is 3.66. The minimum Gasteiger partial charge on any atom is -0.486 e. The van der Waals surface area contributed by atoms with Gasteiger partial charge >= 0.3 is 0 Å². The number of hydrogen-bond donors (Lipinski definition) is 1. The molecular formula is C15H16BrN3O2. The Morgan fingerprint density at radius 3 is 2.81 bits per heavy atom. The maximum atomic E-state index is 5.65. The van der Waals surface area contributed by atoms with Crippen LogP contribution < -0.4 is 14.8 Å². The van der Waals surface area contributed by atoms with Crippen LogP contribution >= 0.6 is 15.9 Å². The van der Waals surface area contributed by atoms with Crippen molar-refractivity contribution in [2.45, 2.75) is 13.8 Å². The normalized spacial score (nSPS) is 13.1. The first-order valence-electron chi connectivity index (χ1n) is 6.86. The molecule has 6 heteroatoms. The Morgan fingerprint density at radius 1 is 1.19 bits per heavy atom. The first-order chi connectivity index (χ1) is 10.2. The van der Waals surface area contributed by atoms with E-state index >= 15 is 0 Å². The van der Waals surface area contributed by atoms with Crippen LogP contribution in [-0.4, -0.2) is 29.7 Å². The van der Waals surface area contributed by atoms with Gasteiger partial charge in [0.05, 0.1) is 4.47 Å². The second-order valence-electron chi connectivity index (χ2n) is 4.73. The van der Waals surface area contributed by atoms with Crippen molar-refractivity contribution < 1.29 is 9.47 Å². The van der Waals surface area contributed by atoms with Gasteiger partial charge in [0.25, 0.3) is 0 Å². The number of aryl methyl sites for hydroxylation is 1. The van der Waals surface area contributed by atoms with E-state index in [1.807, 2.05) is 32.0 Å². The molecule has 1 aliphatic rings. The van der Waals surface area contributed by atoms with Crippen LogP contribution in [0.5, 0.6) is 11.5 Å². The Labute approximate surface area is 131 Å². The lowest BCUT2D eigenvalue weighted by molar-refractivity contribution is 0.170. The molecule has 0 amide bonds. The molecule has 1 aromatic carbocycles. The molecule has 0 saturated heterocycles. The maximum Gasteiger partial charge on any atom is 0.175 e. The Morgan fingerprint density at radius 2 is 2.00 bits per heavy atom. The lowest BCUT2D eigenvalue weighted by Gasteiger charge is -2.20. The minimum absolute atomic E-state index is 0.556. The Kier molecular flexibility index (Phi) is 3.96. The van der Waals surface area contributed by atoms with Crippen LogP contribution in [0.3, 0.4) is 0 Å². The fraction of sp³-hybridized carbons (Fsp3) is 0.333. The van der Waals surface area contributed by atoms with Crippen LogP contribution in [0.2, 0.25) is 0 Å². The molecule has 0 atom stereocenters. The van der Waals surface area contributed by atoms with Crippen molar-refractivity contribution in [1.82, 2.24) is 9.97 Å². The van der Waals surface area contributed by atoms with E-state index in [4.69, 9.17) is 9.47 Å². The van der Waals surface area contributed by atoms with E-state index in [1.165, 1.54) is 0 Å². The number of aromatic nitrogens is 2. The fourth-order valence-corrected chi connectivity index (χ4v) is 2.77. The van der Waals surface area contributed by atoms with Crippen LogP contribution in [0.15, 0.2) is 22.7 Å². The molecule has 0 spiro atoms. The number of rotatable bonds is 3. The van der Waals surface area contributed by atoms with E-state index in [0.717, 1.165) is 39.6 Å². The van der Waals surface area contributed by atoms with Crippen LogP contribution in [0, 0.1) is 6.92 Å². The maximum absolute atomic E-state index is 5.65. The zero-order valence-corrected chi connectivity index (χ0v) is 13.5. The van der Waals surface area contributed by atoms with Gasteiger partial charge in [0.15, 0.2) is 17.3 Å². The van der Waals surface area contributed by atoms with Gasteiger partial charge in [-0.15, -0.1) is 0 Å². The molecule has 1 N–H and O–H groups in total. The van der Waals surface area contributed by atoms with Gasteiger partial charge in [-0.05, 0) is 41.9 Å². The number of fused-ring (bicyclic) bond motifs is 1. The number of anilines is 1. The van der Waals surface area contributed by atoms with Crippen molar-refractivity contribution in [3.8, 4) is 22.9 Å². The van der Waals surface area contributed by atoms with Gasteiger partial charge in [0, 0.05) is 23.9 Å². The first kappa shape index (κ1) is 14.1. The first-order valence-corrected chi connectivity index (χ1v) is 7.65. The van der Waals surface area contributed by atoms with Gasteiger partial charge in [-0.1, -0.05) is 0 Å². The highest BCUT2D eigenvalue weighted by atomic mass is 79.9. The summed E-state index contributed by atoms with van der Waals surface area (Å²) in [4.78, 5) is 9.05. The predicted octanol–water partition coefficient (Wildman–Crippen LogP) is 3.42. The van der Waals surface area contributed by atoms with Gasteiger partial charge in [-0.25, -0.2) is 9.97 Å². The third-order valence-electron chi connectivity index (χ3n) is 3.07. The molecule has 2 aromatic rings. The Bertz CT molecular complexity index is 676. The van der Waals surface area contributed by atoms with Gasteiger partial charge in [0.2, 0.25) is 0 Å². The Balaban J connectivity index is 2.06. The molecule has 3 rings (SSSR count). The summed E-state index contributed by atoms with van der Waals surface area (Å²) in [6.45, 7) is 5.94. The highest BCUT2D eigenvalue weighted by Crippen LogP contribution is 2.40. The molecule has 2 heterocycles. The largest absolute Gasteiger partial charge is 0.486 e. The molecular weight excluding hydrogens is 334 g/mol. The SMILES string of the molecule is CCNc1cc(C)nc(-c2cc(Br)c3c(c2)OCCO3)n1. The van der Waals surface area contributed by atoms with Crippen LogP contribution in [0.1, 0.15) is 12.6 Å². The molecule has 0 saturated carbocycles. The number of ether oxygens (including phenoxy) is 2. The van der Waals surface area contributed by atoms with Crippen molar-refractivity contribution in [1.29, 1.82) is 0 Å². The smallest absolute Gasteiger partial charge is 0.175 e. The minimum atomic E-state index is 0.556. The van der Waals surface area contributed by atoms with Crippen molar-refractivity contribution in [2.75, 3.05) is 25.1 Å². The summed E-state index contributed by atoms with van der Waals surface area (Å²) in [7, 11) is 0. The molecule has 5 nitrogen and oxygen atoms in total. The molecule has 110 valence electrons. The lowest BCUT2D eigenvalue weighted by atomic mass is 10.1. The molecule has 1 aromatic heterocycles. The van der Waals surface area contributed by atoms with Gasteiger partial charge in [-0.3, -0.25) is 0 Å². The zero-order chi connectivity index (χ0) is 14.8. The van der Waals surface area contributed by atoms with E-state index in [0.29, 0.717) is 19.0 Å². The standard InChI is InChI=1S/C15H16BrN3O2/c1-3-17-13-6-9(2)18-15(19-13)10-7-11(16)14-12(8-10)20-4-5-21-14/h6-8H,3-5H2,1-2H3,(H,17,18,19). The van der Waals surface area contributed by atoms with Gasteiger partial charge < -0.3 is 14.8 Å². The van der Waals surface area contributed by atoms with E-state index in [1.54, 1.807) is 0 Å². The second-order valence-corrected chi connectivity index (χ2v) is 5.59. The molecule has 0 aliphatic carbocycles. The number of hydrogen-bond acceptors (Lipinski definition) is 5. The molecule has 21 heavy (non-hydrogen) atoms. The molecule has 0 radical (unpaired) electrons. The van der Waals surface area contributed by atoms with Crippen molar-refractivity contribution >= 4 is 21.7 Å². The van der Waals surface area contributed by atoms with Gasteiger partial charge in [-0.2, -0.15) is 0 Å². The van der Waals surface area contributed by atoms with Crippen molar-refractivity contribution in [3.63, 3.8) is 0 Å². The highest BCUT2D eigenvalue weighted by Gasteiger charge is 2.18. The summed E-state index contributed by atoms with van der Waals surface area (Å²) in [6.07, 6.45) is 0. The average Bonchev–Trinajstić information content (AvgIpc) is 2.47. The van der Waals surface area contributed by atoms with E-state index in [2.05, 4.69) is 31.2 Å². The number of nitrogens with one attached hydrogen (secondary N) is 1. The second kappa shape index (κ2) is 5.89. The third kappa shape index (κ3) is 2.95. The van der Waals surface area contributed by atoms with Gasteiger partial charge in [0.1, 0.15) is 19.0 Å². The number of nitrogens with zero attached hydrogens (tertiary/aromatic N) is 2. The summed E-state index contributed by atoms with van der Waals surface area (Å²) in [5.41, 5.74) is 1.82. The Hall–Kier alpha value is -1.82. The molecule has 0 unspecified atom stereocenters. The number of halogens is 1. The van der Waals surface area contributed by atoms with Crippen molar-refractivity contribution in [3.05, 3.63) is 28.4 Å². The summed E-state index contributed by atoms with van der Waals surface area (Å²) in [5.74, 6) is 2.96. The predicted molar refractivity (Wildman–Crippen MR) is 85.1 cm³/mol. The van der Waals surface area contributed by atoms with Crippen LogP contribution in [-0.2, 0) is 0 Å². The molecule has 0 fully saturated rings. The molecule has 1 aliphatic heterocycles. The quantitative estimate of drug-likeness (QED) is 0.919. The van der Waals surface area contributed by atoms with E-state index in [9.17, 15) is 0 Å². The lowest BCUT2D eigenvalue weighted by Crippen LogP contribution is -2.15. The van der Waals surface area contributed by atoms with E-state index < -0.39 is 0 Å².